The standard InChI is InChI=1S/C17H9ClN4O3S/c18-13-7-2-1-6-12(13)15-19-20-17-21(15)16(23)14(26-17)9-10-4-3-5-11(8-10)22(24)25/h1-9H/b14-9-. The van der Waals surface area contributed by atoms with E-state index in [-0.39, 0.29) is 11.2 Å². The first kappa shape index (κ1) is 16.4. The largest absolute Gasteiger partial charge is 0.276 e. The van der Waals surface area contributed by atoms with E-state index in [0.717, 1.165) is 11.3 Å². The zero-order valence-corrected chi connectivity index (χ0v) is 14.6. The molecule has 4 aromatic rings. The molecule has 0 fully saturated rings. The molecule has 0 unspecified atom stereocenters. The van der Waals surface area contributed by atoms with Gasteiger partial charge in [0.2, 0.25) is 4.96 Å². The molecule has 4 rings (SSSR count). The van der Waals surface area contributed by atoms with Crippen molar-refractivity contribution in [3.63, 3.8) is 0 Å². The smallest absolute Gasteiger partial charge is 0.267 e. The summed E-state index contributed by atoms with van der Waals surface area (Å²) in [5, 5.41) is 19.5. The molecule has 0 spiro atoms. The van der Waals surface area contributed by atoms with E-state index in [2.05, 4.69) is 10.2 Å². The molecule has 128 valence electrons. The van der Waals surface area contributed by atoms with Crippen molar-refractivity contribution in [3.05, 3.63) is 84.1 Å². The van der Waals surface area contributed by atoms with Gasteiger partial charge in [-0.3, -0.25) is 14.9 Å². The second kappa shape index (κ2) is 6.32. The van der Waals surface area contributed by atoms with Crippen LogP contribution in [-0.4, -0.2) is 19.5 Å². The van der Waals surface area contributed by atoms with Crippen molar-refractivity contribution in [2.24, 2.45) is 0 Å². The molecule has 9 heteroatoms. The molecule has 0 aliphatic heterocycles. The van der Waals surface area contributed by atoms with E-state index in [1.807, 2.05) is 0 Å². The van der Waals surface area contributed by atoms with Crippen LogP contribution in [0, 0.1) is 10.1 Å². The Morgan fingerprint density at radius 3 is 2.73 bits per heavy atom. The highest BCUT2D eigenvalue weighted by Gasteiger charge is 2.16. The number of non-ortho nitro benzene ring substituents is 1. The summed E-state index contributed by atoms with van der Waals surface area (Å²) >= 11 is 7.36. The molecule has 26 heavy (non-hydrogen) atoms. The number of rotatable bonds is 3. The van der Waals surface area contributed by atoms with Crippen molar-refractivity contribution in [1.82, 2.24) is 14.6 Å². The van der Waals surface area contributed by atoms with Gasteiger partial charge in [0.1, 0.15) is 0 Å². The molecule has 2 aromatic heterocycles. The Balaban J connectivity index is 1.90. The van der Waals surface area contributed by atoms with E-state index in [1.165, 1.54) is 16.5 Å². The number of nitro groups is 1. The van der Waals surface area contributed by atoms with Gasteiger partial charge in [0.25, 0.3) is 11.2 Å². The first-order valence-corrected chi connectivity index (χ1v) is 8.63. The van der Waals surface area contributed by atoms with E-state index >= 15 is 0 Å². The van der Waals surface area contributed by atoms with Gasteiger partial charge in [0.05, 0.1) is 14.5 Å². The lowest BCUT2D eigenvalue weighted by molar-refractivity contribution is -0.384. The zero-order valence-electron chi connectivity index (χ0n) is 13.0. The summed E-state index contributed by atoms with van der Waals surface area (Å²) in [6.07, 6.45) is 1.60. The normalized spacial score (nSPS) is 12.0. The van der Waals surface area contributed by atoms with Crippen molar-refractivity contribution in [1.29, 1.82) is 0 Å². The number of nitrogens with zero attached hydrogens (tertiary/aromatic N) is 4. The van der Waals surface area contributed by atoms with Gasteiger partial charge >= 0.3 is 0 Å². The molecule has 7 nitrogen and oxygen atoms in total. The van der Waals surface area contributed by atoms with Gasteiger partial charge < -0.3 is 0 Å². The molecule has 0 bridgehead atoms. The lowest BCUT2D eigenvalue weighted by atomic mass is 10.2. The van der Waals surface area contributed by atoms with Crippen molar-refractivity contribution in [3.8, 4) is 11.4 Å². The Kier molecular flexibility index (Phi) is 3.98. The fourth-order valence-corrected chi connectivity index (χ4v) is 3.69. The SMILES string of the molecule is O=c1/c(=C/c2cccc([N+](=O)[O-])c2)sc2nnc(-c3ccccc3Cl)n12. The predicted molar refractivity (Wildman–Crippen MR) is 99.5 cm³/mol. The van der Waals surface area contributed by atoms with Crippen LogP contribution in [0.2, 0.25) is 5.02 Å². The van der Waals surface area contributed by atoms with Crippen LogP contribution in [0.4, 0.5) is 5.69 Å². The molecule has 0 saturated carbocycles. The van der Waals surface area contributed by atoms with Gasteiger partial charge in [-0.15, -0.1) is 10.2 Å². The molecule has 2 heterocycles. The van der Waals surface area contributed by atoms with Crippen LogP contribution < -0.4 is 10.1 Å². The number of thiazole rings is 1. The lowest BCUT2D eigenvalue weighted by Gasteiger charge is -1.99. The van der Waals surface area contributed by atoms with Gasteiger partial charge in [0.15, 0.2) is 5.82 Å². The fraction of sp³-hybridized carbons (Fsp3) is 0. The Labute approximate surface area is 155 Å². The molecular weight excluding hydrogens is 376 g/mol. The molecular formula is C17H9ClN4O3S. The maximum Gasteiger partial charge on any atom is 0.276 e. The number of aromatic nitrogens is 3. The third-order valence-electron chi connectivity index (χ3n) is 3.74. The minimum Gasteiger partial charge on any atom is -0.267 e. The Bertz CT molecular complexity index is 1260. The fourth-order valence-electron chi connectivity index (χ4n) is 2.56. The highest BCUT2D eigenvalue weighted by molar-refractivity contribution is 7.15. The summed E-state index contributed by atoms with van der Waals surface area (Å²) in [5.74, 6) is 0.366. The minimum atomic E-state index is -0.476. The highest BCUT2D eigenvalue weighted by atomic mass is 35.5. The summed E-state index contributed by atoms with van der Waals surface area (Å²) in [4.78, 5) is 23.7. The third-order valence-corrected chi connectivity index (χ3v) is 5.03. The van der Waals surface area contributed by atoms with E-state index < -0.39 is 4.92 Å². The van der Waals surface area contributed by atoms with Crippen molar-refractivity contribution in [2.45, 2.75) is 0 Å². The van der Waals surface area contributed by atoms with Crippen molar-refractivity contribution in [2.75, 3.05) is 0 Å². The molecule has 0 aliphatic rings. The van der Waals surface area contributed by atoms with Crippen LogP contribution in [0.15, 0.2) is 53.3 Å². The molecule has 0 N–H and O–H groups in total. The minimum absolute atomic E-state index is 0.0362. The molecule has 0 amide bonds. The van der Waals surface area contributed by atoms with E-state index in [1.54, 1.807) is 42.5 Å². The first-order chi connectivity index (χ1) is 12.5. The third kappa shape index (κ3) is 2.75. The van der Waals surface area contributed by atoms with Gasteiger partial charge in [0, 0.05) is 17.7 Å². The number of benzene rings is 2. The molecule has 2 aromatic carbocycles. The topological polar surface area (TPSA) is 90.4 Å². The highest BCUT2D eigenvalue weighted by Crippen LogP contribution is 2.26. The molecule has 0 aliphatic carbocycles. The molecule has 0 atom stereocenters. The summed E-state index contributed by atoms with van der Waals surface area (Å²) in [5.41, 5.74) is 0.842. The maximum absolute atomic E-state index is 12.8. The summed E-state index contributed by atoms with van der Waals surface area (Å²) < 4.78 is 1.80. The van der Waals surface area contributed by atoms with Gasteiger partial charge in [-0.05, 0) is 23.8 Å². The number of hydrogen-bond acceptors (Lipinski definition) is 6. The van der Waals surface area contributed by atoms with E-state index in [4.69, 9.17) is 11.6 Å². The molecule has 0 radical (unpaired) electrons. The van der Waals surface area contributed by atoms with Crippen molar-refractivity contribution >= 4 is 39.7 Å². The number of fused-ring (bicyclic) bond motifs is 1. The number of hydrogen-bond donors (Lipinski definition) is 0. The van der Waals surface area contributed by atoms with E-state index in [0.29, 0.717) is 31.5 Å². The second-order valence-corrected chi connectivity index (χ2v) is 6.81. The van der Waals surface area contributed by atoms with Gasteiger partial charge in [-0.1, -0.05) is 47.2 Å². The average molecular weight is 385 g/mol. The Morgan fingerprint density at radius 2 is 1.96 bits per heavy atom. The predicted octanol–water partition coefficient (Wildman–Crippen LogP) is 2.93. The van der Waals surface area contributed by atoms with Crippen LogP contribution in [0.5, 0.6) is 0 Å². The molecule has 0 saturated heterocycles. The first-order valence-electron chi connectivity index (χ1n) is 7.43. The van der Waals surface area contributed by atoms with Crippen LogP contribution in [0.3, 0.4) is 0 Å². The summed E-state index contributed by atoms with van der Waals surface area (Å²) in [7, 11) is 0. The lowest BCUT2D eigenvalue weighted by Crippen LogP contribution is -2.23. The summed E-state index contributed by atoms with van der Waals surface area (Å²) in [6.45, 7) is 0. The van der Waals surface area contributed by atoms with Crippen molar-refractivity contribution < 1.29 is 4.92 Å². The number of nitro benzene ring substituents is 1. The van der Waals surface area contributed by atoms with Crippen LogP contribution >= 0.6 is 22.9 Å². The van der Waals surface area contributed by atoms with Crippen LogP contribution in [-0.2, 0) is 0 Å². The Morgan fingerprint density at radius 1 is 1.15 bits per heavy atom. The maximum atomic E-state index is 12.8. The quantitative estimate of drug-likeness (QED) is 0.400. The average Bonchev–Trinajstić information content (AvgIpc) is 3.17. The van der Waals surface area contributed by atoms with Gasteiger partial charge in [-0.2, -0.15) is 0 Å². The summed E-state index contributed by atoms with van der Waals surface area (Å²) in [6, 6.07) is 13.1. The van der Waals surface area contributed by atoms with Crippen LogP contribution in [0.1, 0.15) is 5.56 Å². The second-order valence-electron chi connectivity index (χ2n) is 5.39. The Hall–Kier alpha value is -3.10. The zero-order chi connectivity index (χ0) is 18.3. The van der Waals surface area contributed by atoms with E-state index in [9.17, 15) is 14.9 Å². The van der Waals surface area contributed by atoms with Crippen LogP contribution in [0.25, 0.3) is 22.4 Å². The number of halogens is 1. The monoisotopic (exact) mass is 384 g/mol. The van der Waals surface area contributed by atoms with Gasteiger partial charge in [-0.25, -0.2) is 4.40 Å².